The molecule has 18 heavy (non-hydrogen) atoms. The van der Waals surface area contributed by atoms with Crippen molar-refractivity contribution < 1.29 is 4.79 Å². The number of carbonyl (C=O) groups excluding carboxylic acids is 1. The Kier molecular flexibility index (Phi) is 1.87. The van der Waals surface area contributed by atoms with E-state index in [-0.39, 0.29) is 17.0 Å². The quantitative estimate of drug-likeness (QED) is 0.847. The number of pyridine rings is 1. The monoisotopic (exact) mass is 244 g/mol. The summed E-state index contributed by atoms with van der Waals surface area (Å²) in [5.74, 6) is 0.292. The second-order valence-electron chi connectivity index (χ2n) is 6.02. The van der Waals surface area contributed by atoms with Gasteiger partial charge in [-0.05, 0) is 55.6 Å². The van der Waals surface area contributed by atoms with Crippen molar-refractivity contribution in [1.29, 1.82) is 0 Å². The number of carbonyl (C=O) groups is 1. The third kappa shape index (κ3) is 1.59. The van der Waals surface area contributed by atoms with Crippen molar-refractivity contribution in [2.45, 2.75) is 44.1 Å². The molecule has 3 saturated carbocycles. The SMILES string of the molecule is O=C(NC1CC12CC2)c1ccc(C2CC2)[nH]c1=O. The zero-order chi connectivity index (χ0) is 12.3. The van der Waals surface area contributed by atoms with Crippen LogP contribution in [0.15, 0.2) is 16.9 Å². The molecule has 0 bridgehead atoms. The molecule has 3 fully saturated rings. The minimum absolute atomic E-state index is 0.215. The van der Waals surface area contributed by atoms with Crippen LogP contribution < -0.4 is 10.9 Å². The first-order chi connectivity index (χ1) is 8.68. The van der Waals surface area contributed by atoms with Crippen molar-refractivity contribution >= 4 is 5.91 Å². The van der Waals surface area contributed by atoms with Crippen LogP contribution in [0.5, 0.6) is 0 Å². The van der Waals surface area contributed by atoms with E-state index in [1.165, 1.54) is 12.8 Å². The lowest BCUT2D eigenvalue weighted by molar-refractivity contribution is 0.0947. The lowest BCUT2D eigenvalue weighted by atomic mass is 10.2. The summed E-state index contributed by atoms with van der Waals surface area (Å²) in [7, 11) is 0. The zero-order valence-corrected chi connectivity index (χ0v) is 10.2. The summed E-state index contributed by atoms with van der Waals surface area (Å²) in [6, 6.07) is 3.87. The van der Waals surface area contributed by atoms with Crippen LogP contribution in [-0.4, -0.2) is 16.9 Å². The highest BCUT2D eigenvalue weighted by Crippen LogP contribution is 2.65. The Morgan fingerprint density at radius 1 is 1.33 bits per heavy atom. The van der Waals surface area contributed by atoms with Crippen molar-refractivity contribution in [1.82, 2.24) is 10.3 Å². The van der Waals surface area contributed by atoms with Crippen molar-refractivity contribution in [2.24, 2.45) is 5.41 Å². The number of aromatic amines is 1. The van der Waals surface area contributed by atoms with Gasteiger partial charge >= 0.3 is 0 Å². The fraction of sp³-hybridized carbons (Fsp3) is 0.571. The van der Waals surface area contributed by atoms with E-state index in [9.17, 15) is 9.59 Å². The Labute approximate surface area is 105 Å². The number of hydrogen-bond donors (Lipinski definition) is 2. The van der Waals surface area contributed by atoms with E-state index in [0.717, 1.165) is 25.0 Å². The first kappa shape index (κ1) is 10.4. The van der Waals surface area contributed by atoms with Crippen LogP contribution in [0.4, 0.5) is 0 Å². The van der Waals surface area contributed by atoms with Crippen LogP contribution in [0.1, 0.15) is 54.1 Å². The van der Waals surface area contributed by atoms with Gasteiger partial charge in [-0.3, -0.25) is 9.59 Å². The molecule has 0 aromatic carbocycles. The number of aromatic nitrogens is 1. The van der Waals surface area contributed by atoms with Crippen LogP contribution in [0.2, 0.25) is 0 Å². The number of H-pyrrole nitrogens is 1. The van der Waals surface area contributed by atoms with Crippen LogP contribution in [-0.2, 0) is 0 Å². The van der Waals surface area contributed by atoms with E-state index < -0.39 is 0 Å². The Bertz CT molecular complexity index is 582. The molecular formula is C14H16N2O2. The molecule has 3 aliphatic carbocycles. The fourth-order valence-electron chi connectivity index (χ4n) is 2.80. The highest BCUT2D eigenvalue weighted by atomic mass is 16.2. The van der Waals surface area contributed by atoms with Gasteiger partial charge in [-0.25, -0.2) is 0 Å². The maximum atomic E-state index is 12.0. The van der Waals surface area contributed by atoms with Gasteiger partial charge in [0.25, 0.3) is 11.5 Å². The molecule has 3 aliphatic rings. The fourth-order valence-corrected chi connectivity index (χ4v) is 2.80. The highest BCUT2D eigenvalue weighted by molar-refractivity contribution is 5.94. The van der Waals surface area contributed by atoms with E-state index in [1.807, 2.05) is 6.07 Å². The Balaban J connectivity index is 1.52. The molecule has 1 unspecified atom stereocenters. The van der Waals surface area contributed by atoms with Crippen molar-refractivity contribution in [2.75, 3.05) is 0 Å². The van der Waals surface area contributed by atoms with E-state index in [4.69, 9.17) is 0 Å². The van der Waals surface area contributed by atoms with E-state index in [0.29, 0.717) is 17.4 Å². The predicted octanol–water partition coefficient (Wildman–Crippen LogP) is 1.53. The Morgan fingerprint density at radius 3 is 2.67 bits per heavy atom. The molecule has 1 aromatic heterocycles. The molecular weight excluding hydrogens is 228 g/mol. The van der Waals surface area contributed by atoms with Gasteiger partial charge in [0, 0.05) is 11.7 Å². The third-order valence-corrected chi connectivity index (χ3v) is 4.58. The van der Waals surface area contributed by atoms with Gasteiger partial charge in [-0.2, -0.15) is 0 Å². The molecule has 1 heterocycles. The normalized spacial score (nSPS) is 27.0. The average Bonchev–Trinajstić information content (AvgIpc) is 3.18. The smallest absolute Gasteiger partial charge is 0.261 e. The lowest BCUT2D eigenvalue weighted by Crippen LogP contribution is -2.32. The Morgan fingerprint density at radius 2 is 2.11 bits per heavy atom. The van der Waals surface area contributed by atoms with E-state index in [1.54, 1.807) is 6.07 Å². The zero-order valence-electron chi connectivity index (χ0n) is 10.2. The minimum atomic E-state index is -0.248. The molecule has 4 heteroatoms. The number of nitrogens with one attached hydrogen (secondary N) is 2. The van der Waals surface area contributed by atoms with Gasteiger partial charge < -0.3 is 10.3 Å². The largest absolute Gasteiger partial charge is 0.349 e. The summed E-state index contributed by atoms with van der Waals surface area (Å²) >= 11 is 0. The van der Waals surface area contributed by atoms with Crippen molar-refractivity contribution in [3.63, 3.8) is 0 Å². The summed E-state index contributed by atoms with van der Waals surface area (Å²) in [4.78, 5) is 26.7. The summed E-state index contributed by atoms with van der Waals surface area (Å²) in [5.41, 5.74) is 1.40. The molecule has 2 N–H and O–H groups in total. The number of rotatable bonds is 3. The predicted molar refractivity (Wildman–Crippen MR) is 66.6 cm³/mol. The first-order valence-corrected chi connectivity index (χ1v) is 6.72. The topological polar surface area (TPSA) is 62.0 Å². The Hall–Kier alpha value is -1.58. The van der Waals surface area contributed by atoms with Crippen molar-refractivity contribution in [3.05, 3.63) is 33.7 Å². The van der Waals surface area contributed by atoms with Gasteiger partial charge in [-0.1, -0.05) is 0 Å². The third-order valence-electron chi connectivity index (χ3n) is 4.58. The molecule has 0 saturated heterocycles. The second kappa shape index (κ2) is 3.25. The number of amides is 1. The van der Waals surface area contributed by atoms with E-state index in [2.05, 4.69) is 10.3 Å². The standard InChI is InChI=1S/C14H16N2O2/c17-12-9(3-4-10(15-12)8-1-2-8)13(18)16-11-7-14(11)5-6-14/h3-4,8,11H,1-2,5-7H2,(H,15,17)(H,16,18). The van der Waals surface area contributed by atoms with Crippen LogP contribution in [0.3, 0.4) is 0 Å². The van der Waals surface area contributed by atoms with Crippen LogP contribution in [0, 0.1) is 5.41 Å². The first-order valence-electron chi connectivity index (χ1n) is 6.72. The molecule has 4 rings (SSSR count). The highest BCUT2D eigenvalue weighted by Gasteiger charge is 2.63. The van der Waals surface area contributed by atoms with Gasteiger partial charge in [0.05, 0.1) is 0 Å². The molecule has 94 valence electrons. The van der Waals surface area contributed by atoms with Crippen LogP contribution in [0.25, 0.3) is 0 Å². The van der Waals surface area contributed by atoms with Gasteiger partial charge in [0.2, 0.25) is 0 Å². The summed E-state index contributed by atoms with van der Waals surface area (Å²) in [6.07, 6.45) is 5.85. The maximum absolute atomic E-state index is 12.0. The summed E-state index contributed by atoms with van der Waals surface area (Å²) < 4.78 is 0. The molecule has 4 nitrogen and oxygen atoms in total. The average molecular weight is 244 g/mol. The number of hydrogen-bond acceptors (Lipinski definition) is 2. The van der Waals surface area contributed by atoms with Gasteiger partial charge in [0.15, 0.2) is 0 Å². The summed E-state index contributed by atoms with van der Waals surface area (Å²) in [5, 5.41) is 2.97. The van der Waals surface area contributed by atoms with Gasteiger partial charge in [0.1, 0.15) is 5.56 Å². The van der Waals surface area contributed by atoms with Crippen molar-refractivity contribution in [3.8, 4) is 0 Å². The lowest BCUT2D eigenvalue weighted by Gasteiger charge is -2.04. The molecule has 0 aliphatic heterocycles. The van der Waals surface area contributed by atoms with E-state index >= 15 is 0 Å². The van der Waals surface area contributed by atoms with Crippen LogP contribution >= 0.6 is 0 Å². The molecule has 1 amide bonds. The molecule has 1 spiro atoms. The van der Waals surface area contributed by atoms with Gasteiger partial charge in [-0.15, -0.1) is 0 Å². The summed E-state index contributed by atoms with van der Waals surface area (Å²) in [6.45, 7) is 0. The molecule has 1 atom stereocenters. The maximum Gasteiger partial charge on any atom is 0.261 e. The molecule has 1 aromatic rings. The second-order valence-corrected chi connectivity index (χ2v) is 6.02. The minimum Gasteiger partial charge on any atom is -0.349 e. The molecule has 0 radical (unpaired) electrons.